The fourth-order valence-corrected chi connectivity index (χ4v) is 3.90. The molecule has 2 heterocycles. The number of alkyl halides is 3. The summed E-state index contributed by atoms with van der Waals surface area (Å²) in [7, 11) is -1.86. The monoisotopic (exact) mass is 460 g/mol. The Bertz CT molecular complexity index is 1400. The van der Waals surface area contributed by atoms with Crippen LogP contribution in [0.3, 0.4) is 0 Å². The first kappa shape index (κ1) is 22.0. The van der Waals surface area contributed by atoms with Crippen molar-refractivity contribution in [1.29, 1.82) is 0 Å². The minimum atomic E-state index is -4.63. The molecule has 4 aromatic rings. The highest BCUT2D eigenvalue weighted by atomic mass is 32.2. The third kappa shape index (κ3) is 4.51. The molecule has 0 aliphatic rings. The Morgan fingerprint density at radius 2 is 1.69 bits per heavy atom. The fraction of sp³-hybridized carbons (Fsp3) is 0.182. The van der Waals surface area contributed by atoms with Crippen LogP contribution in [0.25, 0.3) is 33.5 Å². The van der Waals surface area contributed by atoms with Crippen molar-refractivity contribution < 1.29 is 21.6 Å². The molecule has 6 nitrogen and oxygen atoms in total. The van der Waals surface area contributed by atoms with Crippen molar-refractivity contribution in [1.82, 2.24) is 19.5 Å². The Hall–Kier alpha value is -3.24. The van der Waals surface area contributed by atoms with Crippen LogP contribution in [0.1, 0.15) is 11.1 Å². The number of nitrogens with zero attached hydrogens (tertiary/aromatic N) is 3. The number of rotatable bonds is 5. The maximum Gasteiger partial charge on any atom is 0.417 e. The molecular formula is C22H19F3N4O2S. The van der Waals surface area contributed by atoms with Crippen LogP contribution < -0.4 is 4.72 Å². The lowest BCUT2D eigenvalue weighted by Gasteiger charge is -2.12. The van der Waals surface area contributed by atoms with E-state index < -0.39 is 21.8 Å². The second-order valence-electron chi connectivity index (χ2n) is 7.38. The number of benzene rings is 2. The van der Waals surface area contributed by atoms with Gasteiger partial charge in [0.25, 0.3) is 0 Å². The third-order valence-corrected chi connectivity index (χ3v) is 5.58. The third-order valence-electron chi connectivity index (χ3n) is 4.91. The highest BCUT2D eigenvalue weighted by Crippen LogP contribution is 2.40. The van der Waals surface area contributed by atoms with Gasteiger partial charge in [0.1, 0.15) is 5.69 Å². The molecule has 0 amide bonds. The average Bonchev–Trinajstić information content (AvgIpc) is 3.08. The molecular weight excluding hydrogens is 441 g/mol. The molecule has 4 rings (SSSR count). The average molecular weight is 460 g/mol. The Labute approximate surface area is 182 Å². The zero-order valence-electron chi connectivity index (χ0n) is 17.2. The van der Waals surface area contributed by atoms with Crippen molar-refractivity contribution in [3.05, 3.63) is 71.8 Å². The molecule has 1 N–H and O–H groups in total. The number of hydrogen-bond donors (Lipinski definition) is 1. The van der Waals surface area contributed by atoms with Crippen LogP contribution in [0.4, 0.5) is 13.2 Å². The van der Waals surface area contributed by atoms with E-state index in [2.05, 4.69) is 14.8 Å². The fourth-order valence-electron chi connectivity index (χ4n) is 3.47. The quantitative estimate of drug-likeness (QED) is 0.480. The summed E-state index contributed by atoms with van der Waals surface area (Å²) >= 11 is 0. The van der Waals surface area contributed by atoms with Crippen molar-refractivity contribution >= 4 is 21.1 Å². The number of pyridine rings is 1. The molecule has 2 aromatic heterocycles. The summed E-state index contributed by atoms with van der Waals surface area (Å²) in [5.41, 5.74) is 1.20. The maximum absolute atomic E-state index is 14.1. The van der Waals surface area contributed by atoms with E-state index >= 15 is 0 Å². The summed E-state index contributed by atoms with van der Waals surface area (Å²) < 4.78 is 68.8. The lowest BCUT2D eigenvalue weighted by molar-refractivity contribution is -0.136. The summed E-state index contributed by atoms with van der Waals surface area (Å²) in [6.07, 6.45) is -3.59. The lowest BCUT2D eigenvalue weighted by atomic mass is 10.0. The first-order valence-electron chi connectivity index (χ1n) is 9.57. The molecule has 166 valence electrons. The first-order chi connectivity index (χ1) is 15.0. The molecule has 0 saturated carbocycles. The first-order valence-corrected chi connectivity index (χ1v) is 11.5. The number of halogens is 3. The van der Waals surface area contributed by atoms with Crippen molar-refractivity contribution in [2.24, 2.45) is 7.05 Å². The van der Waals surface area contributed by atoms with Crippen LogP contribution in [0.5, 0.6) is 0 Å². The summed E-state index contributed by atoms with van der Waals surface area (Å²) in [5, 5.41) is 4.26. The smallest absolute Gasteiger partial charge is 0.250 e. The summed E-state index contributed by atoms with van der Waals surface area (Å²) in [5.74, 6) is 0. The van der Waals surface area contributed by atoms with E-state index in [4.69, 9.17) is 0 Å². The van der Waals surface area contributed by atoms with Gasteiger partial charge in [-0.2, -0.15) is 18.3 Å². The van der Waals surface area contributed by atoms with E-state index in [1.807, 2.05) is 0 Å². The van der Waals surface area contributed by atoms with Crippen LogP contribution in [0.2, 0.25) is 0 Å². The number of sulfonamides is 1. The Balaban J connectivity index is 1.89. The molecule has 10 heteroatoms. The van der Waals surface area contributed by atoms with Gasteiger partial charge < -0.3 is 0 Å². The van der Waals surface area contributed by atoms with E-state index in [-0.39, 0.29) is 29.0 Å². The highest BCUT2D eigenvalue weighted by molar-refractivity contribution is 7.88. The normalized spacial score (nSPS) is 12.4. The predicted molar refractivity (Wildman–Crippen MR) is 116 cm³/mol. The molecule has 0 bridgehead atoms. The van der Waals surface area contributed by atoms with Gasteiger partial charge in [-0.25, -0.2) is 22.8 Å². The number of hydrogen-bond acceptors (Lipinski definition) is 4. The number of aryl methyl sites for hydroxylation is 1. The predicted octanol–water partition coefficient (Wildman–Crippen LogP) is 4.37. The number of aromatic nitrogens is 3. The van der Waals surface area contributed by atoms with Crippen LogP contribution in [0, 0.1) is 0 Å². The lowest BCUT2D eigenvalue weighted by Crippen LogP contribution is -2.21. The van der Waals surface area contributed by atoms with Gasteiger partial charge in [-0.1, -0.05) is 48.5 Å². The molecule has 0 saturated heterocycles. The SMILES string of the molecule is Cn1nc(-c2ccccc2)c2c(C(F)(F)F)cc(-c3cccc(CNS(C)(=O)=O)c3)nc21. The van der Waals surface area contributed by atoms with E-state index in [0.29, 0.717) is 16.7 Å². The Kier molecular flexibility index (Phi) is 5.51. The molecule has 0 fully saturated rings. The van der Waals surface area contributed by atoms with Crippen molar-refractivity contribution in [3.8, 4) is 22.5 Å². The van der Waals surface area contributed by atoms with E-state index in [1.54, 1.807) is 61.6 Å². The van der Waals surface area contributed by atoms with Gasteiger partial charge in [0, 0.05) is 24.7 Å². The molecule has 0 aliphatic heterocycles. The minimum Gasteiger partial charge on any atom is -0.250 e. The largest absolute Gasteiger partial charge is 0.417 e. The zero-order valence-corrected chi connectivity index (χ0v) is 18.0. The molecule has 0 radical (unpaired) electrons. The molecule has 0 aliphatic carbocycles. The number of nitrogens with one attached hydrogen (secondary N) is 1. The van der Waals surface area contributed by atoms with Gasteiger partial charge in [-0.3, -0.25) is 0 Å². The maximum atomic E-state index is 14.1. The minimum absolute atomic E-state index is 0.0188. The zero-order chi connectivity index (χ0) is 23.1. The summed E-state index contributed by atoms with van der Waals surface area (Å²) in [4.78, 5) is 4.48. The topological polar surface area (TPSA) is 76.9 Å². The molecule has 2 aromatic carbocycles. The highest BCUT2D eigenvalue weighted by Gasteiger charge is 2.36. The second-order valence-corrected chi connectivity index (χ2v) is 9.22. The van der Waals surface area contributed by atoms with Crippen molar-refractivity contribution in [2.75, 3.05) is 6.26 Å². The van der Waals surface area contributed by atoms with Gasteiger partial charge in [0.2, 0.25) is 10.0 Å². The van der Waals surface area contributed by atoms with E-state index in [0.717, 1.165) is 12.3 Å². The van der Waals surface area contributed by atoms with Gasteiger partial charge in [-0.05, 0) is 17.7 Å². The van der Waals surface area contributed by atoms with Crippen LogP contribution in [-0.4, -0.2) is 29.4 Å². The van der Waals surface area contributed by atoms with Gasteiger partial charge in [0.05, 0.1) is 22.9 Å². The van der Waals surface area contributed by atoms with Crippen molar-refractivity contribution in [2.45, 2.75) is 12.7 Å². The molecule has 0 atom stereocenters. The molecule has 32 heavy (non-hydrogen) atoms. The van der Waals surface area contributed by atoms with E-state index in [9.17, 15) is 21.6 Å². The molecule has 0 spiro atoms. The van der Waals surface area contributed by atoms with Crippen molar-refractivity contribution in [3.63, 3.8) is 0 Å². The number of fused-ring (bicyclic) bond motifs is 1. The summed E-state index contributed by atoms with van der Waals surface area (Å²) in [6, 6.07) is 16.2. The van der Waals surface area contributed by atoms with Crippen LogP contribution in [0.15, 0.2) is 60.7 Å². The molecule has 0 unspecified atom stereocenters. The van der Waals surface area contributed by atoms with Crippen LogP contribution >= 0.6 is 0 Å². The Morgan fingerprint density at radius 1 is 1.00 bits per heavy atom. The second kappa shape index (κ2) is 8.03. The van der Waals surface area contributed by atoms with Gasteiger partial charge >= 0.3 is 6.18 Å². The van der Waals surface area contributed by atoms with Crippen LogP contribution in [-0.2, 0) is 29.8 Å². The Morgan fingerprint density at radius 3 is 2.34 bits per heavy atom. The standard InChI is InChI=1S/C22H19F3N4O2S/c1-29-21-19(20(28-29)15-8-4-3-5-9-15)17(22(23,24)25)12-18(27-21)16-10-6-7-14(11-16)13-26-32(2,30)31/h3-12,26H,13H2,1-2H3. The van der Waals surface area contributed by atoms with Gasteiger partial charge in [0.15, 0.2) is 5.65 Å². The summed E-state index contributed by atoms with van der Waals surface area (Å²) in [6.45, 7) is 0.0188. The van der Waals surface area contributed by atoms with E-state index in [1.165, 1.54) is 4.68 Å². The van der Waals surface area contributed by atoms with Gasteiger partial charge in [-0.15, -0.1) is 0 Å².